The van der Waals surface area contributed by atoms with Gasteiger partial charge in [-0.25, -0.2) is 4.98 Å². The third-order valence-electron chi connectivity index (χ3n) is 7.24. The number of aromatic nitrogens is 1. The van der Waals surface area contributed by atoms with Gasteiger partial charge in [0.25, 0.3) is 5.91 Å². The number of piperidine rings is 1. The van der Waals surface area contributed by atoms with E-state index in [9.17, 15) is 14.7 Å². The highest BCUT2D eigenvalue weighted by atomic mass is 16.5. The van der Waals surface area contributed by atoms with E-state index in [2.05, 4.69) is 20.6 Å². The highest BCUT2D eigenvalue weighted by Crippen LogP contribution is 2.31. The summed E-state index contributed by atoms with van der Waals surface area (Å²) >= 11 is 0. The number of hydrogen-bond acceptors (Lipinski definition) is 9. The van der Waals surface area contributed by atoms with Crippen LogP contribution in [-0.4, -0.2) is 79.3 Å². The summed E-state index contributed by atoms with van der Waals surface area (Å²) in [6, 6.07) is 11.2. The largest absolute Gasteiger partial charge is 0.481 e. The van der Waals surface area contributed by atoms with Gasteiger partial charge in [0.05, 0.1) is 33.3 Å². The van der Waals surface area contributed by atoms with Gasteiger partial charge < -0.3 is 30.1 Å². The van der Waals surface area contributed by atoms with Crippen LogP contribution in [0, 0.1) is 5.92 Å². The monoisotopic (exact) mass is 523 g/mol. The van der Waals surface area contributed by atoms with Crippen LogP contribution in [0.25, 0.3) is 0 Å². The summed E-state index contributed by atoms with van der Waals surface area (Å²) in [7, 11) is 2.99. The smallest absolute Gasteiger partial charge is 0.306 e. The number of rotatable bonds is 9. The van der Waals surface area contributed by atoms with Crippen molar-refractivity contribution in [3.63, 3.8) is 0 Å². The van der Waals surface area contributed by atoms with Crippen molar-refractivity contribution in [3.8, 4) is 5.88 Å². The number of amides is 1. The summed E-state index contributed by atoms with van der Waals surface area (Å²) in [6.45, 7) is 2.21. The standard InChI is InChI=1S/C28H37N5O5/c1-37-25-9-8-22(16-29-25)20(15-26(35)38-2)7-6-19-10-12-33(13-11-19)27(36)21-4-3-5-23(14-21)32-28-30-17-24(34)18-31-28/h3-5,8-9,14,16,19-20,24,34H,6-7,10-13,15,17-18H2,1-2H3,(H2,30,31,32). The molecule has 1 fully saturated rings. The number of guanidine groups is 1. The Morgan fingerprint density at radius 3 is 2.68 bits per heavy atom. The van der Waals surface area contributed by atoms with Gasteiger partial charge in [0.15, 0.2) is 5.96 Å². The van der Waals surface area contributed by atoms with Crippen molar-refractivity contribution < 1.29 is 24.2 Å². The number of aliphatic hydroxyl groups is 1. The summed E-state index contributed by atoms with van der Waals surface area (Å²) < 4.78 is 10.1. The van der Waals surface area contributed by atoms with Gasteiger partial charge in [0.2, 0.25) is 5.88 Å². The summed E-state index contributed by atoms with van der Waals surface area (Å²) in [5, 5.41) is 15.8. The molecule has 1 saturated heterocycles. The first-order chi connectivity index (χ1) is 18.4. The van der Waals surface area contributed by atoms with Crippen LogP contribution in [0.15, 0.2) is 47.6 Å². The molecule has 1 amide bonds. The fourth-order valence-corrected chi connectivity index (χ4v) is 4.95. The predicted octanol–water partition coefficient (Wildman–Crippen LogP) is 2.80. The second kappa shape index (κ2) is 13.2. The number of nitrogens with one attached hydrogen (secondary N) is 2. The van der Waals surface area contributed by atoms with Crippen molar-refractivity contribution in [3.05, 3.63) is 53.7 Å². The zero-order chi connectivity index (χ0) is 26.9. The van der Waals surface area contributed by atoms with Crippen molar-refractivity contribution >= 4 is 23.5 Å². The number of nitrogens with zero attached hydrogens (tertiary/aromatic N) is 3. The molecule has 3 N–H and O–H groups in total. The van der Waals surface area contributed by atoms with Crippen molar-refractivity contribution in [2.45, 2.75) is 44.1 Å². The van der Waals surface area contributed by atoms with Crippen LogP contribution in [0.4, 0.5) is 5.69 Å². The molecular weight excluding hydrogens is 486 g/mol. The lowest BCUT2D eigenvalue weighted by molar-refractivity contribution is -0.141. The Bertz CT molecular complexity index is 1110. The summed E-state index contributed by atoms with van der Waals surface area (Å²) in [5.41, 5.74) is 2.41. The number of methoxy groups -OCH3 is 2. The number of esters is 1. The number of benzene rings is 1. The minimum Gasteiger partial charge on any atom is -0.481 e. The zero-order valence-electron chi connectivity index (χ0n) is 22.1. The molecule has 0 saturated carbocycles. The molecule has 38 heavy (non-hydrogen) atoms. The minimum atomic E-state index is -0.477. The molecule has 2 unspecified atom stereocenters. The first-order valence-corrected chi connectivity index (χ1v) is 13.1. The first-order valence-electron chi connectivity index (χ1n) is 13.1. The Kier molecular flexibility index (Phi) is 9.53. The number of likely N-dealkylation sites (tertiary alicyclic amines) is 1. The maximum atomic E-state index is 13.2. The van der Waals surface area contributed by atoms with E-state index in [0.717, 1.165) is 36.9 Å². The Labute approximate surface area is 223 Å². The Hall–Kier alpha value is -3.66. The first kappa shape index (κ1) is 27.4. The minimum absolute atomic E-state index is 0.0222. The molecule has 204 valence electrons. The Morgan fingerprint density at radius 1 is 1.21 bits per heavy atom. The average Bonchev–Trinajstić information content (AvgIpc) is 2.96. The quantitative estimate of drug-likeness (QED) is 0.429. The van der Waals surface area contributed by atoms with Crippen LogP contribution in [-0.2, 0) is 9.53 Å². The average molecular weight is 524 g/mol. The molecule has 10 nitrogen and oxygen atoms in total. The van der Waals surface area contributed by atoms with Gasteiger partial charge >= 0.3 is 5.97 Å². The number of ether oxygens (including phenoxy) is 2. The third-order valence-corrected chi connectivity index (χ3v) is 7.24. The Balaban J connectivity index is 1.29. The number of aliphatic imine (C=N–C) groups is 1. The highest BCUT2D eigenvalue weighted by Gasteiger charge is 2.26. The van der Waals surface area contributed by atoms with Crippen LogP contribution in [0.3, 0.4) is 0 Å². The zero-order valence-corrected chi connectivity index (χ0v) is 22.1. The van der Waals surface area contributed by atoms with E-state index in [4.69, 9.17) is 9.47 Å². The number of carbonyl (C=O) groups excluding carboxylic acids is 2. The molecule has 3 heterocycles. The van der Waals surface area contributed by atoms with Crippen molar-refractivity contribution in [1.82, 2.24) is 15.2 Å². The predicted molar refractivity (Wildman–Crippen MR) is 144 cm³/mol. The maximum Gasteiger partial charge on any atom is 0.306 e. The fourth-order valence-electron chi connectivity index (χ4n) is 4.95. The number of anilines is 1. The van der Waals surface area contributed by atoms with Crippen LogP contribution in [0.1, 0.15) is 53.9 Å². The number of β-amino-alcohol motifs (C(OH)–C–C–N with tert-alkyl or cyclic N) is 1. The molecule has 2 aliphatic rings. The lowest BCUT2D eigenvalue weighted by Gasteiger charge is -2.33. The van der Waals surface area contributed by atoms with Crippen molar-refractivity contribution in [1.29, 1.82) is 0 Å². The normalized spacial score (nSPS) is 18.7. The molecule has 10 heteroatoms. The van der Waals surface area contributed by atoms with E-state index in [1.54, 1.807) is 13.3 Å². The van der Waals surface area contributed by atoms with Gasteiger partial charge in [0, 0.05) is 43.1 Å². The van der Waals surface area contributed by atoms with E-state index in [1.807, 2.05) is 41.3 Å². The number of aliphatic hydroxyl groups excluding tert-OH is 1. The second-order valence-corrected chi connectivity index (χ2v) is 9.85. The molecule has 2 aliphatic heterocycles. The van der Waals surface area contributed by atoms with Crippen LogP contribution in [0.2, 0.25) is 0 Å². The molecule has 0 radical (unpaired) electrons. The molecule has 2 aromatic rings. The van der Waals surface area contributed by atoms with E-state index in [-0.39, 0.29) is 17.8 Å². The van der Waals surface area contributed by atoms with Crippen LogP contribution >= 0.6 is 0 Å². The number of carbonyl (C=O) groups is 2. The molecule has 1 aromatic carbocycles. The number of hydrogen-bond donors (Lipinski definition) is 3. The third kappa shape index (κ3) is 7.44. The van der Waals surface area contributed by atoms with Gasteiger partial charge in [-0.1, -0.05) is 12.1 Å². The van der Waals surface area contributed by atoms with Gasteiger partial charge in [-0.2, -0.15) is 0 Å². The van der Waals surface area contributed by atoms with Gasteiger partial charge in [0.1, 0.15) is 0 Å². The fraction of sp³-hybridized carbons (Fsp3) is 0.500. The molecule has 0 aliphatic carbocycles. The molecule has 0 spiro atoms. The summed E-state index contributed by atoms with van der Waals surface area (Å²) in [6.07, 6.45) is 5.29. The lowest BCUT2D eigenvalue weighted by atomic mass is 9.85. The van der Waals surface area contributed by atoms with Gasteiger partial charge in [-0.15, -0.1) is 0 Å². The van der Waals surface area contributed by atoms with Crippen LogP contribution in [0.5, 0.6) is 5.88 Å². The van der Waals surface area contributed by atoms with Gasteiger partial charge in [-0.3, -0.25) is 14.6 Å². The molecule has 4 rings (SSSR count). The molecular formula is C28H37N5O5. The Morgan fingerprint density at radius 2 is 2.03 bits per heavy atom. The van der Waals surface area contributed by atoms with E-state index < -0.39 is 6.10 Å². The summed E-state index contributed by atoms with van der Waals surface area (Å²) in [5.74, 6) is 1.45. The van der Waals surface area contributed by atoms with Crippen molar-refractivity contribution in [2.24, 2.45) is 10.9 Å². The van der Waals surface area contributed by atoms with E-state index in [0.29, 0.717) is 55.9 Å². The second-order valence-electron chi connectivity index (χ2n) is 9.85. The topological polar surface area (TPSA) is 125 Å². The van der Waals surface area contributed by atoms with E-state index >= 15 is 0 Å². The maximum absolute atomic E-state index is 13.2. The van der Waals surface area contributed by atoms with Gasteiger partial charge in [-0.05, 0) is 61.3 Å². The highest BCUT2D eigenvalue weighted by molar-refractivity contribution is 5.98. The molecule has 1 aromatic heterocycles. The molecule has 2 atom stereocenters. The lowest BCUT2D eigenvalue weighted by Crippen LogP contribution is -2.42. The van der Waals surface area contributed by atoms with Crippen molar-refractivity contribution in [2.75, 3.05) is 45.7 Å². The van der Waals surface area contributed by atoms with E-state index in [1.165, 1.54) is 7.11 Å². The number of pyridine rings is 1. The molecule has 0 bridgehead atoms. The SMILES string of the molecule is COC(=O)CC(CCC1CCN(C(=O)c2cccc(NC3=NCC(O)CN3)c2)CC1)c1ccc(OC)nc1. The van der Waals surface area contributed by atoms with Crippen LogP contribution < -0.4 is 15.4 Å². The summed E-state index contributed by atoms with van der Waals surface area (Å²) in [4.78, 5) is 35.7.